The summed E-state index contributed by atoms with van der Waals surface area (Å²) in [5.74, 6) is -4.82. The third kappa shape index (κ3) is 6.84. The van der Waals surface area contributed by atoms with Crippen molar-refractivity contribution in [2.75, 3.05) is 13.2 Å². The molecule has 4 rings (SSSR count). The zero-order valence-electron chi connectivity index (χ0n) is 20.1. The van der Waals surface area contributed by atoms with Gasteiger partial charge in [0.15, 0.2) is 6.61 Å². The molecule has 0 saturated heterocycles. The van der Waals surface area contributed by atoms with E-state index >= 15 is 0 Å². The Morgan fingerprint density at radius 1 is 1.00 bits per heavy atom. The molecule has 0 aliphatic rings. The fourth-order valence-corrected chi connectivity index (χ4v) is 6.07. The van der Waals surface area contributed by atoms with Gasteiger partial charge >= 0.3 is 12.3 Å². The Morgan fingerprint density at radius 2 is 1.72 bits per heavy atom. The lowest BCUT2D eigenvalue weighted by Gasteiger charge is -2.16. The van der Waals surface area contributed by atoms with Crippen LogP contribution in [0.2, 0.25) is 10.0 Å². The number of aromatic nitrogens is 1. The fourth-order valence-electron chi connectivity index (χ4n) is 3.96. The molecule has 0 aliphatic carbocycles. The molecule has 0 aliphatic heterocycles. The molecule has 0 radical (unpaired) electrons. The van der Waals surface area contributed by atoms with Gasteiger partial charge in [-0.2, -0.15) is 8.78 Å². The van der Waals surface area contributed by atoms with Crippen LogP contribution in [0.5, 0.6) is 5.75 Å². The van der Waals surface area contributed by atoms with E-state index in [-0.39, 0.29) is 26.2 Å². The van der Waals surface area contributed by atoms with Gasteiger partial charge in [0.2, 0.25) is 0 Å². The average Bonchev–Trinajstić information content (AvgIpc) is 3.23. The molecule has 0 amide bonds. The van der Waals surface area contributed by atoms with Crippen molar-refractivity contribution >= 4 is 44.1 Å². The minimum atomic E-state index is -4.25. The Kier molecular flexibility index (Phi) is 8.75. The van der Waals surface area contributed by atoms with Crippen molar-refractivity contribution in [1.29, 1.82) is 0 Å². The maximum atomic E-state index is 14.1. The number of halogens is 7. The van der Waals surface area contributed by atoms with Crippen molar-refractivity contribution in [3.8, 4) is 5.75 Å². The lowest BCUT2D eigenvalue weighted by Crippen LogP contribution is -2.83. The first-order valence-electron chi connectivity index (χ1n) is 11.6. The number of hydrogen-bond acceptors (Lipinski definition) is 3. The van der Waals surface area contributed by atoms with E-state index < -0.39 is 34.8 Å². The predicted octanol–water partition coefficient (Wildman–Crippen LogP) is 5.91. The number of fused-ring (bicyclic) bond motifs is 1. The van der Waals surface area contributed by atoms with Gasteiger partial charge in [0.1, 0.15) is 18.1 Å². The molecule has 5 nitrogen and oxygen atoms in total. The summed E-state index contributed by atoms with van der Waals surface area (Å²) in [6, 6.07) is 14.0. The monoisotopic (exact) mass is 607 g/mol. The van der Waals surface area contributed by atoms with Crippen LogP contribution in [0.4, 0.5) is 22.0 Å². The number of nitrogens with two attached hydrogens (primary N) is 1. The topological polar surface area (TPSA) is 64.9 Å². The Labute approximate surface area is 231 Å². The second-order valence-electron chi connectivity index (χ2n) is 8.75. The Morgan fingerprint density at radius 3 is 2.41 bits per heavy atom. The number of ether oxygens (including phenoxy) is 1. The lowest BCUT2D eigenvalue weighted by molar-refractivity contribution is -0.670. The Bertz CT molecular complexity index is 1580. The molecule has 3 aromatic carbocycles. The summed E-state index contributed by atoms with van der Waals surface area (Å²) in [5, 5.41) is 2.72. The molecule has 0 bridgehead atoms. The van der Waals surface area contributed by atoms with Crippen LogP contribution in [0.1, 0.15) is 11.1 Å². The molecular weight excluding hydrogens is 586 g/mol. The highest BCUT2D eigenvalue weighted by Crippen LogP contribution is 2.30. The summed E-state index contributed by atoms with van der Waals surface area (Å²) in [4.78, 5) is -0.146. The lowest BCUT2D eigenvalue weighted by atomic mass is 10.1. The van der Waals surface area contributed by atoms with E-state index in [4.69, 9.17) is 27.9 Å². The van der Waals surface area contributed by atoms with Gasteiger partial charge in [-0.05, 0) is 54.1 Å². The third-order valence-electron chi connectivity index (χ3n) is 5.86. The van der Waals surface area contributed by atoms with Crippen LogP contribution in [0.25, 0.3) is 10.9 Å². The largest absolute Gasteiger partial charge is 0.487 e. The van der Waals surface area contributed by atoms with Gasteiger partial charge in [-0.3, -0.25) is 0 Å². The first kappa shape index (κ1) is 29.1. The first-order chi connectivity index (χ1) is 18.4. The van der Waals surface area contributed by atoms with E-state index in [1.807, 2.05) is 5.32 Å². The molecule has 0 spiro atoms. The first-order valence-corrected chi connectivity index (χ1v) is 13.8. The second-order valence-corrected chi connectivity index (χ2v) is 11.4. The molecule has 0 atom stereocenters. The zero-order valence-corrected chi connectivity index (χ0v) is 22.4. The summed E-state index contributed by atoms with van der Waals surface area (Å²) in [6.45, 7) is -0.532. The summed E-state index contributed by atoms with van der Waals surface area (Å²) in [5.41, 5.74) is 1.52. The molecule has 4 aromatic rings. The molecule has 0 saturated carbocycles. The van der Waals surface area contributed by atoms with Gasteiger partial charge in [-0.25, -0.2) is 25.6 Å². The van der Waals surface area contributed by atoms with Gasteiger partial charge in [0.05, 0.1) is 17.0 Å². The molecule has 0 fully saturated rings. The minimum absolute atomic E-state index is 0.0395. The number of quaternary nitrogens is 1. The molecule has 13 heteroatoms. The zero-order chi connectivity index (χ0) is 28.4. The molecule has 208 valence electrons. The quantitative estimate of drug-likeness (QED) is 0.170. The summed E-state index contributed by atoms with van der Waals surface area (Å²) >= 11 is 12.0. The fraction of sp³-hybridized carbons (Fsp3) is 0.231. The molecule has 39 heavy (non-hydrogen) atoms. The van der Waals surface area contributed by atoms with Gasteiger partial charge in [0, 0.05) is 33.6 Å². The molecule has 0 unspecified atom stereocenters. The summed E-state index contributed by atoms with van der Waals surface area (Å²) in [7, 11) is -4.15. The number of benzene rings is 3. The third-order valence-corrected chi connectivity index (χ3v) is 7.94. The number of alkyl halides is 4. The highest BCUT2D eigenvalue weighted by molar-refractivity contribution is 7.90. The van der Waals surface area contributed by atoms with Crippen LogP contribution in [0, 0.1) is 5.82 Å². The SMILES string of the molecule is O=S(=O)(c1cc(Cl)cc(Cl)c1)n1cc(CC[NH2+]Cc2cccc(OCC(F)(F)C(F)F)c2)c2ccc(F)cc21. The highest BCUT2D eigenvalue weighted by atomic mass is 35.5. The van der Waals surface area contributed by atoms with Crippen LogP contribution < -0.4 is 10.1 Å². The van der Waals surface area contributed by atoms with Crippen molar-refractivity contribution < 1.29 is 40.4 Å². The van der Waals surface area contributed by atoms with Crippen LogP contribution >= 0.6 is 23.2 Å². The predicted molar refractivity (Wildman–Crippen MR) is 138 cm³/mol. The van der Waals surface area contributed by atoms with E-state index in [1.165, 1.54) is 48.7 Å². The average molecular weight is 608 g/mol. The van der Waals surface area contributed by atoms with Crippen LogP contribution in [0.15, 0.2) is 71.8 Å². The van der Waals surface area contributed by atoms with Gasteiger partial charge in [0.25, 0.3) is 10.0 Å². The van der Waals surface area contributed by atoms with Crippen molar-refractivity contribution in [2.45, 2.75) is 30.2 Å². The second kappa shape index (κ2) is 11.7. The molecule has 1 heterocycles. The Hall–Kier alpha value is -2.86. The highest BCUT2D eigenvalue weighted by Gasteiger charge is 2.41. The maximum Gasteiger partial charge on any atom is 0.340 e. The van der Waals surface area contributed by atoms with Crippen molar-refractivity contribution in [3.63, 3.8) is 0 Å². The van der Waals surface area contributed by atoms with Gasteiger partial charge < -0.3 is 10.1 Å². The minimum Gasteiger partial charge on any atom is -0.487 e. The van der Waals surface area contributed by atoms with Gasteiger partial charge in [-0.15, -0.1) is 0 Å². The van der Waals surface area contributed by atoms with Crippen molar-refractivity contribution in [3.05, 3.63) is 93.8 Å². The van der Waals surface area contributed by atoms with Crippen LogP contribution in [-0.2, 0) is 23.0 Å². The van der Waals surface area contributed by atoms with E-state index in [1.54, 1.807) is 12.1 Å². The molecular formula is C26H22Cl2F5N2O3S+. The Balaban J connectivity index is 1.48. The smallest absolute Gasteiger partial charge is 0.340 e. The summed E-state index contributed by atoms with van der Waals surface area (Å²) < 4.78 is 97.7. The van der Waals surface area contributed by atoms with E-state index in [0.717, 1.165) is 10.0 Å². The van der Waals surface area contributed by atoms with E-state index in [2.05, 4.69) is 0 Å². The van der Waals surface area contributed by atoms with E-state index in [0.29, 0.717) is 36.0 Å². The standard InChI is InChI=1S/C26H21Cl2F5N2O3S/c27-18-9-19(28)11-22(10-18)39(36,37)35-14-17(23-5-4-20(29)12-24(23)35)6-7-34-13-16-2-1-3-21(8-16)38-15-26(32,33)25(30)31/h1-5,8-12,14,25,34H,6-7,13,15H2/p+1. The van der Waals surface area contributed by atoms with E-state index in [9.17, 15) is 30.4 Å². The number of nitrogens with zero attached hydrogens (tertiary/aromatic N) is 1. The molecule has 2 N–H and O–H groups in total. The van der Waals surface area contributed by atoms with Crippen molar-refractivity contribution in [2.24, 2.45) is 0 Å². The van der Waals surface area contributed by atoms with Crippen LogP contribution in [0.3, 0.4) is 0 Å². The maximum absolute atomic E-state index is 14.1. The van der Waals surface area contributed by atoms with Crippen LogP contribution in [-0.4, -0.2) is 37.9 Å². The number of rotatable bonds is 11. The van der Waals surface area contributed by atoms with Gasteiger partial charge in [-0.1, -0.05) is 35.3 Å². The van der Waals surface area contributed by atoms with Crippen molar-refractivity contribution in [1.82, 2.24) is 3.97 Å². The molecule has 1 aromatic heterocycles. The summed E-state index contributed by atoms with van der Waals surface area (Å²) in [6.07, 6.45) is -1.98. The number of hydrogen-bond donors (Lipinski definition) is 1. The normalized spacial score (nSPS) is 12.4.